The highest BCUT2D eigenvalue weighted by atomic mass is 16.5. The maximum absolute atomic E-state index is 10.8. The van der Waals surface area contributed by atoms with E-state index in [0.29, 0.717) is 13.0 Å². The van der Waals surface area contributed by atoms with Crippen molar-refractivity contribution in [1.82, 2.24) is 9.88 Å². The first kappa shape index (κ1) is 18.4. The largest absolute Gasteiger partial charge is 0.489 e. The Morgan fingerprint density at radius 3 is 2.57 bits per heavy atom. The molecule has 0 bridgehead atoms. The van der Waals surface area contributed by atoms with E-state index in [2.05, 4.69) is 48.2 Å². The second-order valence-corrected chi connectivity index (χ2v) is 7.26. The van der Waals surface area contributed by atoms with E-state index in [0.717, 1.165) is 47.6 Å². The van der Waals surface area contributed by atoms with Crippen LogP contribution in [0, 0.1) is 0 Å². The minimum absolute atomic E-state index is 0.246. The Bertz CT molecular complexity index is 939. The molecule has 4 rings (SSSR count). The lowest BCUT2D eigenvalue weighted by Crippen LogP contribution is -2.28. The number of benzene rings is 2. The molecule has 0 saturated heterocycles. The smallest absolute Gasteiger partial charge is 0.121 e. The number of fused-ring (bicyclic) bond motifs is 1. The van der Waals surface area contributed by atoms with E-state index in [1.54, 1.807) is 0 Å². The van der Waals surface area contributed by atoms with Gasteiger partial charge in [0.1, 0.15) is 18.6 Å². The van der Waals surface area contributed by atoms with Gasteiger partial charge in [0, 0.05) is 31.1 Å². The lowest BCUT2D eigenvalue weighted by molar-refractivity contribution is -0.108. The van der Waals surface area contributed by atoms with E-state index in [1.807, 2.05) is 30.3 Å². The molecule has 0 radical (unpaired) electrons. The third-order valence-corrected chi connectivity index (χ3v) is 5.25. The lowest BCUT2D eigenvalue weighted by atomic mass is 10.1. The standard InChI is InChI=1S/C24H24N2O2/c1-18(13-14-27)26-15-21-9-12-23(25-24(21)16-26)20-7-10-22(11-8-20)28-17-19-5-3-2-4-6-19/h2-12,14,18H,13,15-17H2,1H3. The van der Waals surface area contributed by atoms with Gasteiger partial charge in [-0.2, -0.15) is 0 Å². The van der Waals surface area contributed by atoms with Crippen molar-refractivity contribution >= 4 is 6.29 Å². The van der Waals surface area contributed by atoms with E-state index in [9.17, 15) is 4.79 Å². The van der Waals surface area contributed by atoms with Crippen LogP contribution >= 0.6 is 0 Å². The number of aldehydes is 1. The summed E-state index contributed by atoms with van der Waals surface area (Å²) in [6.45, 7) is 4.32. The molecule has 1 aliphatic rings. The minimum atomic E-state index is 0.246. The molecule has 0 amide bonds. The Morgan fingerprint density at radius 1 is 1.04 bits per heavy atom. The summed E-state index contributed by atoms with van der Waals surface area (Å²) in [6.07, 6.45) is 1.55. The quantitative estimate of drug-likeness (QED) is 0.568. The predicted molar refractivity (Wildman–Crippen MR) is 110 cm³/mol. The van der Waals surface area contributed by atoms with Gasteiger partial charge in [0.05, 0.1) is 11.4 Å². The van der Waals surface area contributed by atoms with Crippen LogP contribution in [0.3, 0.4) is 0 Å². The van der Waals surface area contributed by atoms with Crippen LogP contribution in [0.15, 0.2) is 66.7 Å². The van der Waals surface area contributed by atoms with Crippen LogP contribution in [0.5, 0.6) is 5.75 Å². The normalized spacial score (nSPS) is 14.5. The van der Waals surface area contributed by atoms with Crippen molar-refractivity contribution in [1.29, 1.82) is 0 Å². The van der Waals surface area contributed by atoms with Gasteiger partial charge in [0.2, 0.25) is 0 Å². The Hall–Kier alpha value is -2.98. The van der Waals surface area contributed by atoms with Gasteiger partial charge < -0.3 is 9.53 Å². The van der Waals surface area contributed by atoms with Gasteiger partial charge in [-0.1, -0.05) is 36.4 Å². The zero-order valence-corrected chi connectivity index (χ0v) is 16.0. The van der Waals surface area contributed by atoms with Crippen molar-refractivity contribution < 1.29 is 9.53 Å². The van der Waals surface area contributed by atoms with Crippen LogP contribution < -0.4 is 4.74 Å². The minimum Gasteiger partial charge on any atom is -0.489 e. The third-order valence-electron chi connectivity index (χ3n) is 5.25. The summed E-state index contributed by atoms with van der Waals surface area (Å²) in [5, 5.41) is 0. The lowest BCUT2D eigenvalue weighted by Gasteiger charge is -2.21. The average Bonchev–Trinajstić information content (AvgIpc) is 3.17. The molecule has 0 N–H and O–H groups in total. The van der Waals surface area contributed by atoms with Crippen LogP contribution in [0.25, 0.3) is 11.3 Å². The van der Waals surface area contributed by atoms with E-state index in [-0.39, 0.29) is 6.04 Å². The van der Waals surface area contributed by atoms with Crippen molar-refractivity contribution in [2.24, 2.45) is 0 Å². The third kappa shape index (κ3) is 4.12. The highest BCUT2D eigenvalue weighted by molar-refractivity contribution is 5.61. The summed E-state index contributed by atoms with van der Waals surface area (Å²) in [5.41, 5.74) is 5.57. The number of aromatic nitrogens is 1. The van der Waals surface area contributed by atoms with Gasteiger partial charge in [-0.25, -0.2) is 0 Å². The molecule has 0 fully saturated rings. The molecular formula is C24H24N2O2. The summed E-state index contributed by atoms with van der Waals surface area (Å²) in [7, 11) is 0. The fraction of sp³-hybridized carbons (Fsp3) is 0.250. The van der Waals surface area contributed by atoms with Crippen LogP contribution in [-0.4, -0.2) is 22.2 Å². The first-order valence-corrected chi connectivity index (χ1v) is 9.66. The number of pyridine rings is 1. The van der Waals surface area contributed by atoms with Gasteiger partial charge in [-0.05, 0) is 48.4 Å². The molecule has 28 heavy (non-hydrogen) atoms. The maximum atomic E-state index is 10.8. The van der Waals surface area contributed by atoms with Gasteiger partial charge >= 0.3 is 0 Å². The number of carbonyl (C=O) groups is 1. The van der Waals surface area contributed by atoms with Crippen LogP contribution in [0.1, 0.15) is 30.2 Å². The van der Waals surface area contributed by atoms with Gasteiger partial charge in [-0.3, -0.25) is 9.88 Å². The monoisotopic (exact) mass is 372 g/mol. The molecular weight excluding hydrogens is 348 g/mol. The van der Waals surface area contributed by atoms with Crippen LogP contribution in [0.4, 0.5) is 0 Å². The first-order valence-electron chi connectivity index (χ1n) is 9.66. The molecule has 2 aromatic carbocycles. The van der Waals surface area contributed by atoms with Crippen molar-refractivity contribution in [3.05, 3.63) is 83.6 Å². The fourth-order valence-corrected chi connectivity index (χ4v) is 3.50. The summed E-state index contributed by atoms with van der Waals surface area (Å²) in [5.74, 6) is 0.850. The van der Waals surface area contributed by atoms with Gasteiger partial charge in [0.15, 0.2) is 0 Å². The number of hydrogen-bond donors (Lipinski definition) is 0. The molecule has 1 unspecified atom stereocenters. The number of ether oxygens (including phenoxy) is 1. The summed E-state index contributed by atoms with van der Waals surface area (Å²) < 4.78 is 5.86. The topological polar surface area (TPSA) is 42.4 Å². The van der Waals surface area contributed by atoms with E-state index in [1.165, 1.54) is 5.56 Å². The molecule has 1 aliphatic heterocycles. The molecule has 0 aliphatic carbocycles. The molecule has 142 valence electrons. The Balaban J connectivity index is 1.43. The average molecular weight is 372 g/mol. The first-order chi connectivity index (χ1) is 13.7. The number of rotatable bonds is 7. The van der Waals surface area contributed by atoms with Crippen molar-refractivity contribution in [2.75, 3.05) is 0 Å². The molecule has 1 atom stereocenters. The van der Waals surface area contributed by atoms with Gasteiger partial charge in [0.25, 0.3) is 0 Å². The molecule has 1 aromatic heterocycles. The second kappa shape index (κ2) is 8.36. The molecule has 2 heterocycles. The van der Waals surface area contributed by atoms with Crippen molar-refractivity contribution in [3.63, 3.8) is 0 Å². The fourth-order valence-electron chi connectivity index (χ4n) is 3.50. The molecule has 4 nitrogen and oxygen atoms in total. The van der Waals surface area contributed by atoms with Crippen molar-refractivity contribution in [3.8, 4) is 17.0 Å². The van der Waals surface area contributed by atoms with Crippen LogP contribution in [0.2, 0.25) is 0 Å². The maximum Gasteiger partial charge on any atom is 0.121 e. The molecule has 3 aromatic rings. The van der Waals surface area contributed by atoms with Crippen molar-refractivity contribution in [2.45, 2.75) is 39.1 Å². The Morgan fingerprint density at radius 2 is 1.82 bits per heavy atom. The zero-order valence-electron chi connectivity index (χ0n) is 16.0. The second-order valence-electron chi connectivity index (χ2n) is 7.26. The zero-order chi connectivity index (χ0) is 19.3. The number of nitrogens with zero attached hydrogens (tertiary/aromatic N) is 2. The van der Waals surface area contributed by atoms with E-state index >= 15 is 0 Å². The van der Waals surface area contributed by atoms with Gasteiger partial charge in [-0.15, -0.1) is 0 Å². The summed E-state index contributed by atoms with van der Waals surface area (Å²) in [4.78, 5) is 18.0. The molecule has 0 saturated carbocycles. The van der Waals surface area contributed by atoms with E-state index in [4.69, 9.17) is 9.72 Å². The summed E-state index contributed by atoms with van der Waals surface area (Å²) in [6, 6.07) is 22.7. The predicted octanol–water partition coefficient (Wildman–Crippen LogP) is 4.62. The summed E-state index contributed by atoms with van der Waals surface area (Å²) >= 11 is 0. The molecule has 0 spiro atoms. The highest BCUT2D eigenvalue weighted by Crippen LogP contribution is 2.28. The molecule has 4 heteroatoms. The number of hydrogen-bond acceptors (Lipinski definition) is 4. The number of carbonyl (C=O) groups excluding carboxylic acids is 1. The SMILES string of the molecule is CC(CC=O)N1Cc2ccc(-c3ccc(OCc4ccccc4)cc3)nc2C1. The Kier molecular flexibility index (Phi) is 5.49. The van der Waals surface area contributed by atoms with Crippen LogP contribution in [-0.2, 0) is 24.5 Å². The Labute approximate surface area is 165 Å². The van der Waals surface area contributed by atoms with E-state index < -0.39 is 0 Å². The highest BCUT2D eigenvalue weighted by Gasteiger charge is 2.24.